The zero-order valence-electron chi connectivity index (χ0n) is 13.2. The molecule has 0 aliphatic carbocycles. The summed E-state index contributed by atoms with van der Waals surface area (Å²) in [6.07, 6.45) is 7.92. The molecule has 1 aliphatic heterocycles. The molecule has 1 amide bonds. The minimum Gasteiger partial charge on any atom is -0.351 e. The molecule has 1 fully saturated rings. The molecule has 0 aromatic carbocycles. The lowest BCUT2D eigenvalue weighted by atomic mass is 10.0. The minimum atomic E-state index is 0.178. The van der Waals surface area contributed by atoms with Crippen molar-refractivity contribution >= 4 is 17.2 Å². The van der Waals surface area contributed by atoms with Crippen LogP contribution in [0.4, 0.5) is 0 Å². The summed E-state index contributed by atoms with van der Waals surface area (Å²) in [6.45, 7) is 4.98. The van der Waals surface area contributed by atoms with E-state index in [1.165, 1.54) is 6.42 Å². The average molecular weight is 317 g/mol. The van der Waals surface area contributed by atoms with E-state index in [1.807, 2.05) is 31.5 Å². The van der Waals surface area contributed by atoms with Crippen LogP contribution >= 0.6 is 11.3 Å². The number of aromatic nitrogens is 2. The van der Waals surface area contributed by atoms with Gasteiger partial charge in [-0.15, -0.1) is 11.3 Å². The number of carbonyl (C=O) groups excluding carboxylic acids is 1. The fourth-order valence-corrected chi connectivity index (χ4v) is 4.07. The minimum absolute atomic E-state index is 0.178. The van der Waals surface area contributed by atoms with Crippen molar-refractivity contribution in [3.63, 3.8) is 0 Å². The Hall–Kier alpha value is -1.62. The Morgan fingerprint density at radius 1 is 1.41 bits per heavy atom. The second-order valence-electron chi connectivity index (χ2n) is 6.11. The van der Waals surface area contributed by atoms with Crippen molar-refractivity contribution in [3.8, 4) is 0 Å². The summed E-state index contributed by atoms with van der Waals surface area (Å²) in [7, 11) is 0. The second kappa shape index (κ2) is 6.65. The van der Waals surface area contributed by atoms with Crippen molar-refractivity contribution in [2.24, 2.45) is 0 Å². The molecule has 3 heterocycles. The fourth-order valence-electron chi connectivity index (χ4n) is 3.13. The first-order valence-electron chi connectivity index (χ1n) is 7.99. The average Bonchev–Trinajstić information content (AvgIpc) is 3.18. The monoisotopic (exact) mass is 317 g/mol. The van der Waals surface area contributed by atoms with E-state index in [1.54, 1.807) is 11.3 Å². The van der Waals surface area contributed by atoms with Crippen LogP contribution < -0.4 is 0 Å². The number of aryl methyl sites for hydroxylation is 1. The number of hydrogen-bond acceptors (Lipinski definition) is 3. The van der Waals surface area contributed by atoms with Gasteiger partial charge in [0, 0.05) is 42.5 Å². The first-order valence-corrected chi connectivity index (χ1v) is 8.87. The zero-order chi connectivity index (χ0) is 15.5. The Kier molecular flexibility index (Phi) is 4.62. The largest absolute Gasteiger partial charge is 0.351 e. The smallest absolute Gasteiger partial charge is 0.225 e. The highest BCUT2D eigenvalue weighted by molar-refractivity contribution is 7.09. The summed E-state index contributed by atoms with van der Waals surface area (Å²) in [5.41, 5.74) is 1.05. The molecule has 22 heavy (non-hydrogen) atoms. The molecule has 0 unspecified atom stereocenters. The lowest BCUT2D eigenvalue weighted by molar-refractivity contribution is -0.135. The van der Waals surface area contributed by atoms with Crippen LogP contribution in [0.15, 0.2) is 29.9 Å². The Morgan fingerprint density at radius 2 is 2.18 bits per heavy atom. The van der Waals surface area contributed by atoms with Gasteiger partial charge in [0.2, 0.25) is 5.91 Å². The number of piperidine rings is 1. The van der Waals surface area contributed by atoms with Crippen molar-refractivity contribution in [2.75, 3.05) is 6.54 Å². The number of hydrogen-bond donors (Lipinski definition) is 0. The van der Waals surface area contributed by atoms with Gasteiger partial charge in [-0.25, -0.2) is 4.98 Å². The first kappa shape index (κ1) is 15.3. The molecule has 0 spiro atoms. The van der Waals surface area contributed by atoms with Crippen molar-refractivity contribution in [1.29, 1.82) is 0 Å². The number of nitrogens with zero attached hydrogens (tertiary/aromatic N) is 3. The number of carbonyl (C=O) groups is 1. The topological polar surface area (TPSA) is 38.1 Å². The molecule has 4 nitrogen and oxygen atoms in total. The van der Waals surface area contributed by atoms with Gasteiger partial charge in [0.1, 0.15) is 5.01 Å². The van der Waals surface area contributed by atoms with E-state index in [4.69, 9.17) is 0 Å². The van der Waals surface area contributed by atoms with Crippen LogP contribution in [0.3, 0.4) is 0 Å². The maximum Gasteiger partial charge on any atom is 0.225 e. The molecule has 2 atom stereocenters. The maximum absolute atomic E-state index is 12.8. The van der Waals surface area contributed by atoms with E-state index in [0.29, 0.717) is 6.42 Å². The summed E-state index contributed by atoms with van der Waals surface area (Å²) in [6, 6.07) is 4.38. The highest BCUT2D eigenvalue weighted by Gasteiger charge is 2.30. The van der Waals surface area contributed by atoms with Crippen LogP contribution in [0.2, 0.25) is 0 Å². The van der Waals surface area contributed by atoms with Gasteiger partial charge in [-0.3, -0.25) is 4.79 Å². The van der Waals surface area contributed by atoms with Gasteiger partial charge in [-0.2, -0.15) is 0 Å². The quantitative estimate of drug-likeness (QED) is 0.856. The summed E-state index contributed by atoms with van der Waals surface area (Å²) < 4.78 is 2.10. The standard InChI is InChI=1S/C17H23N3OS/c1-13-12-22-17(18-13)15-7-3-4-10-20(15)16(21)11-14(2)19-8-5-6-9-19/h5-6,8-9,12,14-15H,3-4,7,10-11H2,1-2H3/t14-,15-/m0/s1. The van der Waals surface area contributed by atoms with Gasteiger partial charge >= 0.3 is 0 Å². The maximum atomic E-state index is 12.8. The molecule has 5 heteroatoms. The summed E-state index contributed by atoms with van der Waals surface area (Å²) in [5.74, 6) is 0.249. The van der Waals surface area contributed by atoms with Crippen LogP contribution in [0.1, 0.15) is 55.4 Å². The summed E-state index contributed by atoms with van der Waals surface area (Å²) in [4.78, 5) is 19.5. The third-order valence-electron chi connectivity index (χ3n) is 4.35. The SMILES string of the molecule is Cc1csc([C@@H]2CCCCN2C(=O)C[C@H](C)n2cccc2)n1. The molecular formula is C17H23N3OS. The Balaban J connectivity index is 1.71. The zero-order valence-corrected chi connectivity index (χ0v) is 14.1. The van der Waals surface area contributed by atoms with Crippen LogP contribution in [-0.2, 0) is 4.79 Å². The van der Waals surface area contributed by atoms with Gasteiger partial charge in [0.15, 0.2) is 0 Å². The highest BCUT2D eigenvalue weighted by atomic mass is 32.1. The molecule has 2 aromatic heterocycles. The highest BCUT2D eigenvalue weighted by Crippen LogP contribution is 2.33. The van der Waals surface area contributed by atoms with Crippen LogP contribution in [-0.4, -0.2) is 26.9 Å². The van der Waals surface area contributed by atoms with E-state index in [9.17, 15) is 4.79 Å². The predicted octanol–water partition coefficient (Wildman–Crippen LogP) is 3.96. The molecule has 1 saturated heterocycles. The first-order chi connectivity index (χ1) is 10.6. The third-order valence-corrected chi connectivity index (χ3v) is 5.42. The van der Waals surface area contributed by atoms with Gasteiger partial charge < -0.3 is 9.47 Å². The van der Waals surface area contributed by atoms with E-state index >= 15 is 0 Å². The molecule has 2 aromatic rings. The van der Waals surface area contributed by atoms with Crippen LogP contribution in [0.25, 0.3) is 0 Å². The van der Waals surface area contributed by atoms with E-state index < -0.39 is 0 Å². The molecule has 118 valence electrons. The van der Waals surface area contributed by atoms with Gasteiger partial charge in [-0.1, -0.05) is 0 Å². The number of likely N-dealkylation sites (tertiary alicyclic amines) is 1. The summed E-state index contributed by atoms with van der Waals surface area (Å²) in [5, 5.41) is 3.17. The van der Waals surface area contributed by atoms with Crippen molar-refractivity contribution < 1.29 is 4.79 Å². The number of thiazole rings is 1. The molecule has 3 rings (SSSR count). The van der Waals surface area contributed by atoms with Crippen molar-refractivity contribution in [1.82, 2.24) is 14.5 Å². The van der Waals surface area contributed by atoms with Crippen LogP contribution in [0, 0.1) is 6.92 Å². The normalized spacial score (nSPS) is 20.1. The third kappa shape index (κ3) is 3.24. The Bertz CT molecular complexity index is 620. The molecule has 1 aliphatic rings. The Morgan fingerprint density at radius 3 is 2.86 bits per heavy atom. The van der Waals surface area contributed by atoms with Gasteiger partial charge in [0.05, 0.1) is 6.04 Å². The number of amides is 1. The molecular weight excluding hydrogens is 294 g/mol. The second-order valence-corrected chi connectivity index (χ2v) is 7.00. The summed E-state index contributed by atoms with van der Waals surface area (Å²) >= 11 is 1.68. The Labute approximate surface area is 135 Å². The van der Waals surface area contributed by atoms with E-state index in [-0.39, 0.29) is 18.0 Å². The van der Waals surface area contributed by atoms with E-state index in [2.05, 4.69) is 26.8 Å². The lowest BCUT2D eigenvalue weighted by Gasteiger charge is -2.35. The molecule has 0 saturated carbocycles. The molecule has 0 radical (unpaired) electrons. The van der Waals surface area contributed by atoms with Gasteiger partial charge in [-0.05, 0) is 45.2 Å². The fraction of sp³-hybridized carbons (Fsp3) is 0.529. The molecule has 0 bridgehead atoms. The lowest BCUT2D eigenvalue weighted by Crippen LogP contribution is -2.39. The number of rotatable bonds is 4. The molecule has 0 N–H and O–H groups in total. The van der Waals surface area contributed by atoms with Crippen LogP contribution in [0.5, 0.6) is 0 Å². The van der Waals surface area contributed by atoms with Crippen molar-refractivity contribution in [2.45, 2.75) is 51.6 Å². The van der Waals surface area contributed by atoms with Gasteiger partial charge in [0.25, 0.3) is 0 Å². The van der Waals surface area contributed by atoms with E-state index in [0.717, 1.165) is 30.1 Å². The predicted molar refractivity (Wildman–Crippen MR) is 88.9 cm³/mol. The van der Waals surface area contributed by atoms with Crippen molar-refractivity contribution in [3.05, 3.63) is 40.6 Å².